The van der Waals surface area contributed by atoms with E-state index in [-0.39, 0.29) is 5.97 Å². The lowest BCUT2D eigenvalue weighted by Gasteiger charge is -1.91. The van der Waals surface area contributed by atoms with Crippen molar-refractivity contribution in [2.24, 2.45) is 5.14 Å². The van der Waals surface area contributed by atoms with Crippen LogP contribution in [0.25, 0.3) is 0 Å². The number of carbonyl (C=O) groups is 1. The first-order chi connectivity index (χ1) is 3.81. The molecular formula is C3H7NO2S2. The Kier molecular flexibility index (Phi) is 5.36. The third kappa shape index (κ3) is 4.29. The molecule has 2 N–H and O–H groups in total. The molecule has 0 saturated carbocycles. The number of hydrogen-bond donors (Lipinski definition) is 2. The zero-order chi connectivity index (χ0) is 6.41. The minimum atomic E-state index is -0.341. The van der Waals surface area contributed by atoms with Crippen molar-refractivity contribution in [3.63, 3.8) is 0 Å². The fraction of sp³-hybridized carbons (Fsp3) is 0.667. The SMILES string of the molecule is NSCCC(=O)OS. The van der Waals surface area contributed by atoms with Gasteiger partial charge in [-0.05, 0) is 0 Å². The molecule has 0 radical (unpaired) electrons. The van der Waals surface area contributed by atoms with Gasteiger partial charge in [0.15, 0.2) is 0 Å². The van der Waals surface area contributed by atoms with Crippen LogP contribution in [0, 0.1) is 0 Å². The molecule has 48 valence electrons. The molecule has 0 aliphatic carbocycles. The van der Waals surface area contributed by atoms with Gasteiger partial charge in [-0.3, -0.25) is 9.93 Å². The molecule has 0 rings (SSSR count). The normalized spacial score (nSPS) is 8.75. The summed E-state index contributed by atoms with van der Waals surface area (Å²) < 4.78 is 4.04. The Morgan fingerprint density at radius 2 is 2.50 bits per heavy atom. The van der Waals surface area contributed by atoms with E-state index in [1.807, 2.05) is 0 Å². The van der Waals surface area contributed by atoms with Gasteiger partial charge in [0.1, 0.15) is 0 Å². The second kappa shape index (κ2) is 5.27. The first kappa shape index (κ1) is 8.13. The number of rotatable bonds is 3. The lowest BCUT2D eigenvalue weighted by Crippen LogP contribution is -1.99. The maximum absolute atomic E-state index is 10.2. The van der Waals surface area contributed by atoms with Crippen LogP contribution < -0.4 is 5.14 Å². The smallest absolute Gasteiger partial charge is 0.318 e. The fourth-order valence-corrected chi connectivity index (χ4v) is 0.564. The summed E-state index contributed by atoms with van der Waals surface area (Å²) in [7, 11) is 0. The van der Waals surface area contributed by atoms with Gasteiger partial charge < -0.3 is 4.18 Å². The Labute approximate surface area is 57.7 Å². The molecule has 8 heavy (non-hydrogen) atoms. The molecule has 0 saturated heterocycles. The Hall–Kier alpha value is 0.130. The third-order valence-corrected chi connectivity index (χ3v) is 1.17. The molecule has 0 fully saturated rings. The van der Waals surface area contributed by atoms with Crippen molar-refractivity contribution >= 4 is 30.8 Å². The van der Waals surface area contributed by atoms with E-state index in [1.165, 1.54) is 0 Å². The fourth-order valence-electron chi connectivity index (χ4n) is 0.188. The molecule has 5 heteroatoms. The Balaban J connectivity index is 2.99. The summed E-state index contributed by atoms with van der Waals surface area (Å²) in [5.74, 6) is 0.241. The molecule has 0 aromatic rings. The van der Waals surface area contributed by atoms with Crippen LogP contribution in [0.5, 0.6) is 0 Å². The van der Waals surface area contributed by atoms with Crippen LogP contribution in [-0.4, -0.2) is 11.7 Å². The Bertz CT molecular complexity index is 77.7. The van der Waals surface area contributed by atoms with Crippen LogP contribution in [0.2, 0.25) is 0 Å². The largest absolute Gasteiger partial charge is 0.395 e. The highest BCUT2D eigenvalue weighted by Gasteiger charge is 1.96. The predicted molar refractivity (Wildman–Crippen MR) is 36.3 cm³/mol. The Morgan fingerprint density at radius 1 is 1.88 bits per heavy atom. The van der Waals surface area contributed by atoms with Crippen LogP contribution in [0.15, 0.2) is 0 Å². The molecule has 0 bridgehead atoms. The molecule has 0 atom stereocenters. The van der Waals surface area contributed by atoms with E-state index in [9.17, 15) is 4.79 Å². The zero-order valence-electron chi connectivity index (χ0n) is 4.16. The van der Waals surface area contributed by atoms with Gasteiger partial charge >= 0.3 is 5.97 Å². The van der Waals surface area contributed by atoms with E-state index in [2.05, 4.69) is 17.1 Å². The average molecular weight is 153 g/mol. The van der Waals surface area contributed by atoms with Crippen molar-refractivity contribution < 1.29 is 8.98 Å². The molecule has 0 aliphatic rings. The lowest BCUT2D eigenvalue weighted by molar-refractivity contribution is -0.132. The van der Waals surface area contributed by atoms with Gasteiger partial charge in [-0.1, -0.05) is 11.9 Å². The summed E-state index contributed by atoms with van der Waals surface area (Å²) in [4.78, 5) is 10.2. The molecule has 0 aromatic carbocycles. The predicted octanol–water partition coefficient (Wildman–Crippen LogP) is 0.371. The number of hydrogen-bond acceptors (Lipinski definition) is 5. The maximum Gasteiger partial charge on any atom is 0.318 e. The number of nitrogens with two attached hydrogens (primary N) is 1. The summed E-state index contributed by atoms with van der Waals surface area (Å²) >= 11 is 4.40. The topological polar surface area (TPSA) is 52.3 Å². The first-order valence-corrected chi connectivity index (χ1v) is 3.38. The second-order valence-corrected chi connectivity index (χ2v) is 2.01. The maximum atomic E-state index is 10.2. The first-order valence-electron chi connectivity index (χ1n) is 1.97. The van der Waals surface area contributed by atoms with E-state index < -0.39 is 0 Å². The summed E-state index contributed by atoms with van der Waals surface area (Å²) in [5.41, 5.74) is 0. The van der Waals surface area contributed by atoms with Crippen LogP contribution >= 0.6 is 24.9 Å². The van der Waals surface area contributed by atoms with E-state index in [1.54, 1.807) is 0 Å². The summed E-state index contributed by atoms with van der Waals surface area (Å²) in [5, 5.41) is 5.02. The van der Waals surface area contributed by atoms with E-state index in [0.717, 1.165) is 11.9 Å². The van der Waals surface area contributed by atoms with Crippen LogP contribution in [0.4, 0.5) is 0 Å². The minimum absolute atomic E-state index is 0.324. The average Bonchev–Trinajstić information content (AvgIpc) is 1.83. The monoisotopic (exact) mass is 153 g/mol. The molecule has 0 aliphatic heterocycles. The molecule has 0 spiro atoms. The molecule has 0 heterocycles. The van der Waals surface area contributed by atoms with Gasteiger partial charge in [0, 0.05) is 18.7 Å². The molecule has 0 aromatic heterocycles. The van der Waals surface area contributed by atoms with Gasteiger partial charge in [-0.25, -0.2) is 0 Å². The number of carbonyl (C=O) groups excluding carboxylic acids is 1. The highest BCUT2D eigenvalue weighted by Crippen LogP contribution is 1.94. The number of thiol groups is 1. The standard InChI is InChI=1S/C3H7NO2S2/c4-8-2-1-3(5)6-7/h7H,1-2,4H2. The molecular weight excluding hydrogens is 146 g/mol. The van der Waals surface area contributed by atoms with Crippen molar-refractivity contribution in [3.05, 3.63) is 0 Å². The molecule has 0 unspecified atom stereocenters. The minimum Gasteiger partial charge on any atom is -0.395 e. The Morgan fingerprint density at radius 3 is 2.88 bits per heavy atom. The van der Waals surface area contributed by atoms with Gasteiger partial charge in [0.2, 0.25) is 0 Å². The van der Waals surface area contributed by atoms with Gasteiger partial charge in [0.25, 0.3) is 0 Å². The van der Waals surface area contributed by atoms with E-state index >= 15 is 0 Å². The third-order valence-electron chi connectivity index (χ3n) is 0.526. The molecule has 0 amide bonds. The van der Waals surface area contributed by atoms with E-state index in [0.29, 0.717) is 12.2 Å². The summed E-state index contributed by atoms with van der Waals surface area (Å²) in [6, 6.07) is 0. The summed E-state index contributed by atoms with van der Waals surface area (Å²) in [6.07, 6.45) is 0.324. The highest BCUT2D eigenvalue weighted by molar-refractivity contribution is 7.97. The van der Waals surface area contributed by atoms with Crippen LogP contribution in [0.1, 0.15) is 6.42 Å². The van der Waals surface area contributed by atoms with Crippen molar-refractivity contribution in [1.29, 1.82) is 0 Å². The van der Waals surface area contributed by atoms with Crippen molar-refractivity contribution in [2.75, 3.05) is 5.75 Å². The van der Waals surface area contributed by atoms with Crippen molar-refractivity contribution in [2.45, 2.75) is 6.42 Å². The zero-order valence-corrected chi connectivity index (χ0v) is 5.87. The quantitative estimate of drug-likeness (QED) is 0.349. The van der Waals surface area contributed by atoms with Gasteiger partial charge in [0.05, 0.1) is 6.42 Å². The van der Waals surface area contributed by atoms with Crippen molar-refractivity contribution in [3.8, 4) is 0 Å². The second-order valence-electron chi connectivity index (χ2n) is 1.08. The van der Waals surface area contributed by atoms with Crippen LogP contribution in [-0.2, 0) is 8.98 Å². The lowest BCUT2D eigenvalue weighted by atomic mass is 10.5. The van der Waals surface area contributed by atoms with Gasteiger partial charge in [-0.2, -0.15) is 0 Å². The van der Waals surface area contributed by atoms with Crippen LogP contribution in [0.3, 0.4) is 0 Å². The highest BCUT2D eigenvalue weighted by atomic mass is 32.2. The van der Waals surface area contributed by atoms with Crippen molar-refractivity contribution in [1.82, 2.24) is 0 Å². The molecule has 3 nitrogen and oxygen atoms in total. The van der Waals surface area contributed by atoms with E-state index in [4.69, 9.17) is 5.14 Å². The summed E-state index contributed by atoms with van der Waals surface area (Å²) in [6.45, 7) is 0. The van der Waals surface area contributed by atoms with Gasteiger partial charge in [-0.15, -0.1) is 0 Å².